The maximum Gasteiger partial charge on any atom is 0.257 e. The zero-order valence-electron chi connectivity index (χ0n) is 14.5. The molecule has 3 rings (SSSR count). The molecule has 0 spiro atoms. The molecule has 136 valence electrons. The van der Waals surface area contributed by atoms with Crippen molar-refractivity contribution in [3.63, 3.8) is 0 Å². The molecule has 1 aliphatic heterocycles. The summed E-state index contributed by atoms with van der Waals surface area (Å²) in [5.74, 6) is 0.387. The highest BCUT2D eigenvalue weighted by Crippen LogP contribution is 2.24. The van der Waals surface area contributed by atoms with Crippen molar-refractivity contribution in [2.75, 3.05) is 13.1 Å². The molecule has 2 atom stereocenters. The van der Waals surface area contributed by atoms with Gasteiger partial charge in [-0.25, -0.2) is 4.68 Å². The smallest absolute Gasteiger partial charge is 0.257 e. The van der Waals surface area contributed by atoms with E-state index in [9.17, 15) is 4.79 Å². The van der Waals surface area contributed by atoms with Gasteiger partial charge in [-0.05, 0) is 44.7 Å². The van der Waals surface area contributed by atoms with Crippen molar-refractivity contribution in [3.8, 4) is 5.69 Å². The highest BCUT2D eigenvalue weighted by atomic mass is 35.5. The Hall–Kier alpha value is -1.56. The fraction of sp³-hybridized carbons (Fsp3) is 0.444. The molecule has 1 aromatic heterocycles. The van der Waals surface area contributed by atoms with Crippen LogP contribution < -0.4 is 5.73 Å². The van der Waals surface area contributed by atoms with Crippen molar-refractivity contribution in [2.24, 2.45) is 11.7 Å². The lowest BCUT2D eigenvalue weighted by Crippen LogP contribution is -2.45. The van der Waals surface area contributed by atoms with Gasteiger partial charge in [-0.1, -0.05) is 23.7 Å². The van der Waals surface area contributed by atoms with E-state index in [4.69, 9.17) is 17.3 Å². The lowest BCUT2D eigenvalue weighted by molar-refractivity contribution is 0.0660. The highest BCUT2D eigenvalue weighted by molar-refractivity contribution is 6.32. The average molecular weight is 383 g/mol. The van der Waals surface area contributed by atoms with E-state index in [-0.39, 0.29) is 24.4 Å². The molecule has 2 aromatic rings. The van der Waals surface area contributed by atoms with Crippen molar-refractivity contribution in [1.82, 2.24) is 14.7 Å². The van der Waals surface area contributed by atoms with Crippen LogP contribution in [0.5, 0.6) is 0 Å². The summed E-state index contributed by atoms with van der Waals surface area (Å²) >= 11 is 6.25. The number of benzene rings is 1. The largest absolute Gasteiger partial charge is 0.338 e. The van der Waals surface area contributed by atoms with Crippen molar-refractivity contribution in [2.45, 2.75) is 32.7 Å². The number of hydrogen-bond donors (Lipinski definition) is 1. The van der Waals surface area contributed by atoms with Gasteiger partial charge < -0.3 is 10.6 Å². The van der Waals surface area contributed by atoms with Gasteiger partial charge in [0.25, 0.3) is 5.91 Å². The quantitative estimate of drug-likeness (QED) is 0.883. The van der Waals surface area contributed by atoms with Crippen LogP contribution in [0.4, 0.5) is 0 Å². The van der Waals surface area contributed by atoms with Gasteiger partial charge in [0.05, 0.1) is 28.2 Å². The predicted octanol–water partition coefficient (Wildman–Crippen LogP) is 3.46. The normalized spacial score (nSPS) is 18.6. The molecule has 1 amide bonds. The van der Waals surface area contributed by atoms with E-state index in [0.717, 1.165) is 30.8 Å². The van der Waals surface area contributed by atoms with Crippen LogP contribution in [0.3, 0.4) is 0 Å². The molecule has 0 bridgehead atoms. The van der Waals surface area contributed by atoms with Gasteiger partial charge in [-0.2, -0.15) is 5.10 Å². The number of carbonyl (C=O) groups excluding carboxylic acids is 1. The molecule has 0 aliphatic carbocycles. The van der Waals surface area contributed by atoms with E-state index in [0.29, 0.717) is 23.0 Å². The molecule has 1 aliphatic rings. The van der Waals surface area contributed by atoms with Gasteiger partial charge in [0.2, 0.25) is 0 Å². The van der Waals surface area contributed by atoms with Crippen LogP contribution in [0, 0.1) is 12.8 Å². The Balaban J connectivity index is 0.00000225. The minimum Gasteiger partial charge on any atom is -0.338 e. The molecule has 1 saturated heterocycles. The molecule has 2 N–H and O–H groups in total. The van der Waals surface area contributed by atoms with E-state index >= 15 is 0 Å². The van der Waals surface area contributed by atoms with Crippen molar-refractivity contribution in [3.05, 3.63) is 46.7 Å². The summed E-state index contributed by atoms with van der Waals surface area (Å²) in [4.78, 5) is 14.8. The summed E-state index contributed by atoms with van der Waals surface area (Å²) in [7, 11) is 0. The summed E-state index contributed by atoms with van der Waals surface area (Å²) in [6.07, 6.45) is 3.71. The molecule has 25 heavy (non-hydrogen) atoms. The van der Waals surface area contributed by atoms with E-state index in [1.807, 2.05) is 43.0 Å². The standard InChI is InChI=1S/C18H23ClN4O.ClH/c1-12(20)14-6-5-9-22(11-14)18(24)15-10-21-23(13(15)2)17-8-4-3-7-16(17)19;/h3-4,7-8,10,12,14H,5-6,9,11,20H2,1-2H3;1H. The van der Waals surface area contributed by atoms with E-state index < -0.39 is 0 Å². The molecular formula is C18H24Cl2N4O. The van der Waals surface area contributed by atoms with Crippen LogP contribution in [0.15, 0.2) is 30.5 Å². The number of carbonyl (C=O) groups is 1. The zero-order valence-corrected chi connectivity index (χ0v) is 16.1. The second-order valence-electron chi connectivity index (χ2n) is 6.52. The first kappa shape index (κ1) is 19.8. The first-order valence-electron chi connectivity index (χ1n) is 8.33. The number of halogens is 2. The summed E-state index contributed by atoms with van der Waals surface area (Å²) < 4.78 is 1.72. The Labute approximate surface area is 159 Å². The molecular weight excluding hydrogens is 359 g/mol. The average Bonchev–Trinajstić information content (AvgIpc) is 2.96. The Bertz CT molecular complexity index is 744. The highest BCUT2D eigenvalue weighted by Gasteiger charge is 2.28. The molecule has 1 fully saturated rings. The van der Waals surface area contributed by atoms with E-state index in [1.165, 1.54) is 0 Å². The van der Waals surface area contributed by atoms with Crippen LogP contribution in [-0.2, 0) is 0 Å². The number of likely N-dealkylation sites (tertiary alicyclic amines) is 1. The second-order valence-corrected chi connectivity index (χ2v) is 6.93. The molecule has 0 radical (unpaired) electrons. The van der Waals surface area contributed by atoms with Crippen LogP contribution in [0.1, 0.15) is 35.8 Å². The van der Waals surface area contributed by atoms with Crippen LogP contribution in [0.25, 0.3) is 5.69 Å². The topological polar surface area (TPSA) is 64.2 Å². The molecule has 7 heteroatoms. The molecule has 2 unspecified atom stereocenters. The van der Waals surface area contributed by atoms with Gasteiger partial charge in [-0.3, -0.25) is 4.79 Å². The number of aromatic nitrogens is 2. The lowest BCUT2D eigenvalue weighted by atomic mass is 9.92. The maximum atomic E-state index is 12.9. The van der Waals surface area contributed by atoms with Crippen molar-refractivity contribution in [1.29, 1.82) is 0 Å². The second kappa shape index (κ2) is 8.21. The van der Waals surface area contributed by atoms with Gasteiger partial charge >= 0.3 is 0 Å². The summed E-state index contributed by atoms with van der Waals surface area (Å²) in [5.41, 5.74) is 8.23. The number of nitrogens with two attached hydrogens (primary N) is 1. The number of nitrogens with zero attached hydrogens (tertiary/aromatic N) is 3. The maximum absolute atomic E-state index is 12.9. The van der Waals surface area contributed by atoms with Crippen molar-refractivity contribution >= 4 is 29.9 Å². The number of hydrogen-bond acceptors (Lipinski definition) is 3. The van der Waals surface area contributed by atoms with Crippen LogP contribution in [-0.4, -0.2) is 39.7 Å². The van der Waals surface area contributed by atoms with Gasteiger partial charge in [0, 0.05) is 19.1 Å². The van der Waals surface area contributed by atoms with Crippen LogP contribution >= 0.6 is 24.0 Å². The summed E-state index contributed by atoms with van der Waals surface area (Å²) in [6.45, 7) is 5.40. The number of rotatable bonds is 3. The summed E-state index contributed by atoms with van der Waals surface area (Å²) in [5, 5.41) is 4.99. The van der Waals surface area contributed by atoms with Crippen LogP contribution in [0.2, 0.25) is 5.02 Å². The fourth-order valence-electron chi connectivity index (χ4n) is 3.28. The Morgan fingerprint density at radius 1 is 1.40 bits per heavy atom. The Morgan fingerprint density at radius 2 is 2.12 bits per heavy atom. The van der Waals surface area contributed by atoms with Crippen molar-refractivity contribution < 1.29 is 4.79 Å². The molecule has 1 aromatic carbocycles. The van der Waals surface area contributed by atoms with Gasteiger partial charge in [-0.15, -0.1) is 12.4 Å². The third kappa shape index (κ3) is 4.00. The first-order chi connectivity index (χ1) is 11.5. The summed E-state index contributed by atoms with van der Waals surface area (Å²) in [6, 6.07) is 7.59. The third-order valence-corrected chi connectivity index (χ3v) is 5.13. The first-order valence-corrected chi connectivity index (χ1v) is 8.71. The Kier molecular flexibility index (Phi) is 6.49. The Morgan fingerprint density at radius 3 is 2.80 bits per heavy atom. The molecule has 0 saturated carbocycles. The molecule has 2 heterocycles. The SMILES string of the molecule is Cc1c(C(=O)N2CCCC(C(C)N)C2)cnn1-c1ccccc1Cl.Cl. The zero-order chi connectivity index (χ0) is 17.3. The molecule has 5 nitrogen and oxygen atoms in total. The number of piperidine rings is 1. The predicted molar refractivity (Wildman–Crippen MR) is 103 cm³/mol. The number of amides is 1. The minimum atomic E-state index is 0. The number of para-hydroxylation sites is 1. The van der Waals surface area contributed by atoms with Gasteiger partial charge in [0.15, 0.2) is 0 Å². The van der Waals surface area contributed by atoms with Gasteiger partial charge in [0.1, 0.15) is 0 Å². The third-order valence-electron chi connectivity index (χ3n) is 4.81. The minimum absolute atomic E-state index is 0. The van der Waals surface area contributed by atoms with E-state index in [1.54, 1.807) is 10.9 Å². The monoisotopic (exact) mass is 382 g/mol. The van der Waals surface area contributed by atoms with E-state index in [2.05, 4.69) is 5.10 Å². The fourth-order valence-corrected chi connectivity index (χ4v) is 3.50. The lowest BCUT2D eigenvalue weighted by Gasteiger charge is -2.34.